The lowest BCUT2D eigenvalue weighted by Gasteiger charge is -2.38. The average molecular weight is 390 g/mol. The minimum Gasteiger partial charge on any atom is -0.484 e. The van der Waals surface area contributed by atoms with Crippen molar-refractivity contribution >= 4 is 11.8 Å². The third-order valence-electron chi connectivity index (χ3n) is 5.36. The summed E-state index contributed by atoms with van der Waals surface area (Å²) in [5.41, 5.74) is -0.0381. The Morgan fingerprint density at radius 2 is 1.96 bits per heavy atom. The molecule has 0 radical (unpaired) electrons. The van der Waals surface area contributed by atoms with Crippen LogP contribution in [-0.2, 0) is 19.0 Å². The van der Waals surface area contributed by atoms with E-state index in [0.717, 1.165) is 0 Å². The van der Waals surface area contributed by atoms with Gasteiger partial charge in [-0.2, -0.15) is 0 Å². The van der Waals surface area contributed by atoms with Crippen LogP contribution in [-0.4, -0.2) is 81.1 Å². The molecule has 2 saturated heterocycles. The van der Waals surface area contributed by atoms with Gasteiger partial charge in [0.1, 0.15) is 11.4 Å². The first kappa shape index (κ1) is 19.2. The molecule has 1 atom stereocenters. The molecule has 4 rings (SSSR count). The predicted octanol–water partition coefficient (Wildman–Crippen LogP) is 0.602. The van der Waals surface area contributed by atoms with Gasteiger partial charge in [0.25, 0.3) is 5.91 Å². The first-order chi connectivity index (χ1) is 13.7. The molecule has 0 aromatic heterocycles. The highest BCUT2D eigenvalue weighted by Gasteiger charge is 2.42. The summed E-state index contributed by atoms with van der Waals surface area (Å²) in [5, 5.41) is 2.85. The SMILES string of the molecule is O=C(CN1CC2(CCOCC2)Oc2ccccc2C1=O)NCC1COCCO1. The van der Waals surface area contributed by atoms with Crippen molar-refractivity contribution in [3.05, 3.63) is 29.8 Å². The number of amides is 2. The van der Waals surface area contributed by atoms with Crippen LogP contribution in [0.5, 0.6) is 5.75 Å². The van der Waals surface area contributed by atoms with E-state index in [0.29, 0.717) is 70.3 Å². The standard InChI is InChI=1S/C20H26N2O6/c23-18(21-11-15-13-26-9-10-27-15)12-22-14-20(5-7-25-8-6-20)28-17-4-2-1-3-16(17)19(22)24/h1-4,15H,5-14H2,(H,21,23). The molecule has 0 saturated carbocycles. The fraction of sp³-hybridized carbons (Fsp3) is 0.600. The van der Waals surface area contributed by atoms with Gasteiger partial charge in [0.15, 0.2) is 0 Å². The number of nitrogens with zero attached hydrogens (tertiary/aromatic N) is 1. The molecule has 1 aromatic carbocycles. The molecule has 1 N–H and O–H groups in total. The number of ether oxygens (including phenoxy) is 4. The number of para-hydroxylation sites is 1. The summed E-state index contributed by atoms with van der Waals surface area (Å²) in [6.07, 6.45) is 1.21. The van der Waals surface area contributed by atoms with Gasteiger partial charge in [-0.1, -0.05) is 12.1 Å². The fourth-order valence-electron chi connectivity index (χ4n) is 3.83. The zero-order valence-electron chi connectivity index (χ0n) is 15.9. The monoisotopic (exact) mass is 390 g/mol. The maximum absolute atomic E-state index is 13.1. The number of hydrogen-bond donors (Lipinski definition) is 1. The molecule has 152 valence electrons. The van der Waals surface area contributed by atoms with Gasteiger partial charge in [-0.3, -0.25) is 9.59 Å². The Kier molecular flexibility index (Phi) is 5.79. The van der Waals surface area contributed by atoms with Crippen LogP contribution < -0.4 is 10.1 Å². The third-order valence-corrected chi connectivity index (χ3v) is 5.36. The second-order valence-electron chi connectivity index (χ2n) is 7.43. The molecule has 28 heavy (non-hydrogen) atoms. The highest BCUT2D eigenvalue weighted by Crippen LogP contribution is 2.34. The molecule has 3 aliphatic rings. The zero-order chi connectivity index (χ0) is 19.4. The number of carbonyl (C=O) groups is 2. The number of carbonyl (C=O) groups excluding carboxylic acids is 2. The minimum absolute atomic E-state index is 0.0211. The maximum atomic E-state index is 13.1. The molecule has 8 heteroatoms. The summed E-state index contributed by atoms with van der Waals surface area (Å²) in [6, 6.07) is 7.22. The van der Waals surface area contributed by atoms with E-state index in [1.807, 2.05) is 12.1 Å². The van der Waals surface area contributed by atoms with Gasteiger partial charge >= 0.3 is 0 Å². The Hall–Kier alpha value is -2.16. The van der Waals surface area contributed by atoms with E-state index in [4.69, 9.17) is 18.9 Å². The van der Waals surface area contributed by atoms with Crippen molar-refractivity contribution in [1.82, 2.24) is 10.2 Å². The molecule has 1 aromatic rings. The third kappa shape index (κ3) is 4.29. The topological polar surface area (TPSA) is 86.3 Å². The van der Waals surface area contributed by atoms with Crippen molar-refractivity contribution in [2.75, 3.05) is 52.7 Å². The Balaban J connectivity index is 1.46. The van der Waals surface area contributed by atoms with Crippen LogP contribution in [0, 0.1) is 0 Å². The number of hydrogen-bond acceptors (Lipinski definition) is 6. The van der Waals surface area contributed by atoms with Gasteiger partial charge in [-0.05, 0) is 12.1 Å². The maximum Gasteiger partial charge on any atom is 0.258 e. The molecular formula is C20H26N2O6. The first-order valence-electron chi connectivity index (χ1n) is 9.76. The van der Waals surface area contributed by atoms with E-state index in [1.165, 1.54) is 0 Å². The lowest BCUT2D eigenvalue weighted by molar-refractivity contribution is -0.125. The summed E-state index contributed by atoms with van der Waals surface area (Å²) in [4.78, 5) is 27.2. The second-order valence-corrected chi connectivity index (χ2v) is 7.43. The van der Waals surface area contributed by atoms with Gasteiger partial charge in [0.2, 0.25) is 5.91 Å². The first-order valence-corrected chi connectivity index (χ1v) is 9.76. The van der Waals surface area contributed by atoms with Gasteiger partial charge in [-0.15, -0.1) is 0 Å². The van der Waals surface area contributed by atoms with Gasteiger partial charge in [-0.25, -0.2) is 0 Å². The van der Waals surface area contributed by atoms with E-state index >= 15 is 0 Å². The lowest BCUT2D eigenvalue weighted by Crippen LogP contribution is -2.53. The Labute approximate surface area is 164 Å². The smallest absolute Gasteiger partial charge is 0.258 e. The molecule has 3 heterocycles. The summed E-state index contributed by atoms with van der Waals surface area (Å²) in [6.45, 7) is 3.44. The van der Waals surface area contributed by atoms with Crippen LogP contribution in [0.4, 0.5) is 0 Å². The molecule has 8 nitrogen and oxygen atoms in total. The second kappa shape index (κ2) is 8.46. The molecule has 0 bridgehead atoms. The molecule has 0 aliphatic carbocycles. The summed E-state index contributed by atoms with van der Waals surface area (Å²) in [5.74, 6) is 0.167. The number of rotatable bonds is 4. The van der Waals surface area contributed by atoms with Gasteiger partial charge in [0, 0.05) is 19.4 Å². The summed E-state index contributed by atoms with van der Waals surface area (Å²) in [7, 11) is 0. The normalized spacial score (nSPS) is 24.2. The molecule has 1 unspecified atom stereocenters. The zero-order valence-corrected chi connectivity index (χ0v) is 15.9. The predicted molar refractivity (Wildman–Crippen MR) is 99.3 cm³/mol. The number of nitrogens with one attached hydrogen (secondary N) is 1. The van der Waals surface area contributed by atoms with Gasteiger partial charge in [0.05, 0.1) is 57.8 Å². The van der Waals surface area contributed by atoms with E-state index in [9.17, 15) is 9.59 Å². The molecular weight excluding hydrogens is 364 g/mol. The van der Waals surface area contributed by atoms with Gasteiger partial charge < -0.3 is 29.2 Å². The van der Waals surface area contributed by atoms with Crippen molar-refractivity contribution in [3.8, 4) is 5.75 Å². The highest BCUT2D eigenvalue weighted by molar-refractivity contribution is 5.99. The molecule has 1 spiro atoms. The largest absolute Gasteiger partial charge is 0.484 e. The quantitative estimate of drug-likeness (QED) is 0.810. The van der Waals surface area contributed by atoms with Crippen LogP contribution in [0.15, 0.2) is 24.3 Å². The average Bonchev–Trinajstić information content (AvgIpc) is 2.83. The minimum atomic E-state index is -0.527. The van der Waals surface area contributed by atoms with Crippen molar-refractivity contribution in [2.45, 2.75) is 24.5 Å². The lowest BCUT2D eigenvalue weighted by atomic mass is 9.93. The van der Waals surface area contributed by atoms with Crippen LogP contribution in [0.3, 0.4) is 0 Å². The van der Waals surface area contributed by atoms with E-state index in [-0.39, 0.29) is 24.5 Å². The van der Waals surface area contributed by atoms with E-state index in [1.54, 1.807) is 17.0 Å². The summed E-state index contributed by atoms with van der Waals surface area (Å²) < 4.78 is 22.7. The molecule has 3 aliphatic heterocycles. The van der Waals surface area contributed by atoms with Crippen molar-refractivity contribution < 1.29 is 28.5 Å². The van der Waals surface area contributed by atoms with Crippen LogP contribution in [0.2, 0.25) is 0 Å². The Bertz CT molecular complexity index is 712. The van der Waals surface area contributed by atoms with Crippen LogP contribution in [0.1, 0.15) is 23.2 Å². The molecule has 2 amide bonds. The molecule has 2 fully saturated rings. The van der Waals surface area contributed by atoms with Crippen LogP contribution in [0.25, 0.3) is 0 Å². The number of fused-ring (bicyclic) bond motifs is 1. The Morgan fingerprint density at radius 3 is 2.75 bits per heavy atom. The number of benzene rings is 1. The van der Waals surface area contributed by atoms with Crippen molar-refractivity contribution in [1.29, 1.82) is 0 Å². The fourth-order valence-corrected chi connectivity index (χ4v) is 3.83. The summed E-state index contributed by atoms with van der Waals surface area (Å²) >= 11 is 0. The van der Waals surface area contributed by atoms with Crippen molar-refractivity contribution in [3.63, 3.8) is 0 Å². The van der Waals surface area contributed by atoms with Crippen LogP contribution >= 0.6 is 0 Å². The highest BCUT2D eigenvalue weighted by atomic mass is 16.6. The Morgan fingerprint density at radius 1 is 1.14 bits per heavy atom. The van der Waals surface area contributed by atoms with E-state index in [2.05, 4.69) is 5.32 Å². The van der Waals surface area contributed by atoms with E-state index < -0.39 is 5.60 Å². The van der Waals surface area contributed by atoms with Crippen molar-refractivity contribution in [2.24, 2.45) is 0 Å².